The van der Waals surface area contributed by atoms with Gasteiger partial charge in [0.25, 0.3) is 5.56 Å². The molecule has 2 aromatic rings. The monoisotopic (exact) mass is 196 g/mol. The van der Waals surface area contributed by atoms with E-state index in [-0.39, 0.29) is 5.56 Å². The number of anilines is 1. The van der Waals surface area contributed by atoms with Crippen molar-refractivity contribution in [1.82, 2.24) is 14.5 Å². The molecule has 0 aromatic carbocycles. The SMILES string of the molecule is Cn1c(=S)[nH]c2c(=O)[nH]c(N)cc21. The summed E-state index contributed by atoms with van der Waals surface area (Å²) in [7, 11) is 1.78. The summed E-state index contributed by atoms with van der Waals surface area (Å²) in [4.78, 5) is 16.6. The number of imidazole rings is 1. The quantitative estimate of drug-likeness (QED) is 0.537. The highest BCUT2D eigenvalue weighted by Crippen LogP contribution is 2.09. The number of aromatic amines is 2. The van der Waals surface area contributed by atoms with Crippen LogP contribution in [0.1, 0.15) is 0 Å². The Hall–Kier alpha value is -1.56. The first-order valence-electron chi connectivity index (χ1n) is 3.67. The van der Waals surface area contributed by atoms with Gasteiger partial charge in [0.2, 0.25) is 0 Å². The van der Waals surface area contributed by atoms with Gasteiger partial charge in [-0.25, -0.2) is 0 Å². The number of rotatable bonds is 0. The van der Waals surface area contributed by atoms with Gasteiger partial charge in [0, 0.05) is 13.1 Å². The Morgan fingerprint density at radius 3 is 2.92 bits per heavy atom. The summed E-state index contributed by atoms with van der Waals surface area (Å²) in [6.07, 6.45) is 0. The number of hydrogen-bond donors (Lipinski definition) is 3. The molecule has 5 nitrogen and oxygen atoms in total. The van der Waals surface area contributed by atoms with E-state index in [1.165, 1.54) is 0 Å². The zero-order chi connectivity index (χ0) is 9.59. The maximum atomic E-state index is 11.3. The van der Waals surface area contributed by atoms with Gasteiger partial charge in [0.15, 0.2) is 4.77 Å². The smallest absolute Gasteiger partial charge is 0.275 e. The van der Waals surface area contributed by atoms with E-state index < -0.39 is 0 Å². The Morgan fingerprint density at radius 2 is 2.23 bits per heavy atom. The number of aromatic nitrogens is 3. The molecule has 0 aliphatic heterocycles. The number of H-pyrrole nitrogens is 2. The van der Waals surface area contributed by atoms with Crippen LogP contribution in [0.3, 0.4) is 0 Å². The number of nitrogen functional groups attached to an aromatic ring is 1. The lowest BCUT2D eigenvalue weighted by Gasteiger charge is -1.95. The Balaban J connectivity index is 3.12. The number of aryl methyl sites for hydroxylation is 1. The van der Waals surface area contributed by atoms with Gasteiger partial charge in [0.1, 0.15) is 11.3 Å². The highest BCUT2D eigenvalue weighted by molar-refractivity contribution is 7.71. The lowest BCUT2D eigenvalue weighted by molar-refractivity contribution is 0.927. The predicted molar refractivity (Wildman–Crippen MR) is 53.1 cm³/mol. The van der Waals surface area contributed by atoms with Gasteiger partial charge in [-0.1, -0.05) is 0 Å². The molecule has 0 amide bonds. The summed E-state index contributed by atoms with van der Waals surface area (Å²) >= 11 is 4.97. The van der Waals surface area contributed by atoms with Gasteiger partial charge >= 0.3 is 0 Å². The molecule has 0 saturated heterocycles. The Labute approximate surface area is 78.2 Å². The number of pyridine rings is 1. The topological polar surface area (TPSA) is 79.6 Å². The van der Waals surface area contributed by atoms with Crippen molar-refractivity contribution in [3.63, 3.8) is 0 Å². The second-order valence-electron chi connectivity index (χ2n) is 2.80. The molecule has 0 aliphatic carbocycles. The summed E-state index contributed by atoms with van der Waals surface area (Å²) in [5.74, 6) is 0.335. The number of nitrogens with one attached hydrogen (secondary N) is 2. The molecule has 0 aliphatic rings. The molecule has 0 spiro atoms. The van der Waals surface area contributed by atoms with Crippen molar-refractivity contribution in [2.75, 3.05) is 5.73 Å². The lowest BCUT2D eigenvalue weighted by Crippen LogP contribution is -2.09. The van der Waals surface area contributed by atoms with Crippen molar-refractivity contribution in [3.8, 4) is 0 Å². The van der Waals surface area contributed by atoms with Crippen LogP contribution >= 0.6 is 12.2 Å². The van der Waals surface area contributed by atoms with E-state index in [9.17, 15) is 4.79 Å². The predicted octanol–water partition coefficient (Wildman–Crippen LogP) is 0.506. The van der Waals surface area contributed by atoms with E-state index in [0.717, 1.165) is 0 Å². The number of nitrogens with zero attached hydrogens (tertiary/aromatic N) is 1. The third-order valence-corrected chi connectivity index (χ3v) is 2.31. The Morgan fingerprint density at radius 1 is 1.54 bits per heavy atom. The second-order valence-corrected chi connectivity index (χ2v) is 3.19. The third-order valence-electron chi connectivity index (χ3n) is 1.93. The molecular weight excluding hydrogens is 188 g/mol. The van der Waals surface area contributed by atoms with E-state index in [0.29, 0.717) is 21.6 Å². The normalized spacial score (nSPS) is 10.8. The van der Waals surface area contributed by atoms with Crippen LogP contribution in [0, 0.1) is 4.77 Å². The minimum absolute atomic E-state index is 0.248. The van der Waals surface area contributed by atoms with Crippen LogP contribution in [0.15, 0.2) is 10.9 Å². The molecule has 0 atom stereocenters. The zero-order valence-electron chi connectivity index (χ0n) is 6.92. The molecule has 4 N–H and O–H groups in total. The van der Waals surface area contributed by atoms with Gasteiger partial charge in [0.05, 0.1) is 5.52 Å². The Bertz CT molecular complexity index is 576. The third kappa shape index (κ3) is 1.06. The minimum Gasteiger partial charge on any atom is -0.385 e. The summed E-state index contributed by atoms with van der Waals surface area (Å²) in [5.41, 5.74) is 6.41. The molecule has 0 bridgehead atoms. The molecular formula is C7H8N4OS. The van der Waals surface area contributed by atoms with Crippen LogP contribution in [0.25, 0.3) is 11.0 Å². The number of fused-ring (bicyclic) bond motifs is 1. The average Bonchev–Trinajstić information content (AvgIpc) is 2.32. The fourth-order valence-corrected chi connectivity index (χ4v) is 1.45. The van der Waals surface area contributed by atoms with Crippen molar-refractivity contribution in [2.24, 2.45) is 7.05 Å². The van der Waals surface area contributed by atoms with Gasteiger partial charge < -0.3 is 20.3 Å². The summed E-state index contributed by atoms with van der Waals surface area (Å²) in [6, 6.07) is 1.67. The van der Waals surface area contributed by atoms with E-state index in [2.05, 4.69) is 9.97 Å². The number of hydrogen-bond acceptors (Lipinski definition) is 3. The highest BCUT2D eigenvalue weighted by Gasteiger charge is 2.04. The standard InChI is InChI=1S/C7H8N4OS/c1-11-3-2-4(8)9-6(12)5(3)10-7(11)13/h2H,1H3,(H,10,13)(H3,8,9,12). The largest absolute Gasteiger partial charge is 0.385 e. The van der Waals surface area contributed by atoms with Crippen molar-refractivity contribution >= 4 is 29.1 Å². The second kappa shape index (κ2) is 2.46. The molecule has 6 heteroatoms. The highest BCUT2D eigenvalue weighted by atomic mass is 32.1. The van der Waals surface area contributed by atoms with Crippen LogP contribution in [-0.2, 0) is 7.05 Å². The molecule has 0 unspecified atom stereocenters. The molecule has 2 aromatic heterocycles. The molecule has 0 radical (unpaired) electrons. The Kier molecular flexibility index (Phi) is 1.53. The van der Waals surface area contributed by atoms with E-state index in [1.807, 2.05) is 0 Å². The molecule has 13 heavy (non-hydrogen) atoms. The van der Waals surface area contributed by atoms with Gasteiger partial charge in [-0.2, -0.15) is 0 Å². The lowest BCUT2D eigenvalue weighted by atomic mass is 10.4. The van der Waals surface area contributed by atoms with Gasteiger partial charge in [-0.15, -0.1) is 0 Å². The first kappa shape index (κ1) is 8.06. The van der Waals surface area contributed by atoms with Crippen molar-refractivity contribution in [3.05, 3.63) is 21.2 Å². The van der Waals surface area contributed by atoms with Crippen LogP contribution in [0.4, 0.5) is 5.82 Å². The maximum absolute atomic E-state index is 11.3. The van der Waals surface area contributed by atoms with E-state index in [4.69, 9.17) is 18.0 Å². The van der Waals surface area contributed by atoms with Gasteiger partial charge in [-0.3, -0.25) is 4.79 Å². The summed E-state index contributed by atoms with van der Waals surface area (Å²) in [6.45, 7) is 0. The first-order valence-corrected chi connectivity index (χ1v) is 4.08. The van der Waals surface area contributed by atoms with E-state index in [1.54, 1.807) is 17.7 Å². The fraction of sp³-hybridized carbons (Fsp3) is 0.143. The van der Waals surface area contributed by atoms with Crippen molar-refractivity contribution in [1.29, 1.82) is 0 Å². The maximum Gasteiger partial charge on any atom is 0.275 e. The summed E-state index contributed by atoms with van der Waals surface area (Å²) < 4.78 is 2.21. The molecule has 2 rings (SSSR count). The molecule has 0 fully saturated rings. The van der Waals surface area contributed by atoms with E-state index >= 15 is 0 Å². The summed E-state index contributed by atoms with van der Waals surface area (Å²) in [5, 5.41) is 0. The van der Waals surface area contributed by atoms with Crippen LogP contribution in [0.2, 0.25) is 0 Å². The fourth-order valence-electron chi connectivity index (χ4n) is 1.25. The van der Waals surface area contributed by atoms with Crippen LogP contribution in [-0.4, -0.2) is 14.5 Å². The van der Waals surface area contributed by atoms with Crippen molar-refractivity contribution < 1.29 is 0 Å². The first-order chi connectivity index (χ1) is 6.09. The van der Waals surface area contributed by atoms with Crippen LogP contribution < -0.4 is 11.3 Å². The van der Waals surface area contributed by atoms with Gasteiger partial charge in [-0.05, 0) is 12.2 Å². The minimum atomic E-state index is -0.248. The van der Waals surface area contributed by atoms with Crippen LogP contribution in [0.5, 0.6) is 0 Å². The molecule has 2 heterocycles. The zero-order valence-corrected chi connectivity index (χ0v) is 7.73. The van der Waals surface area contributed by atoms with Crippen molar-refractivity contribution in [2.45, 2.75) is 0 Å². The molecule has 68 valence electrons. The molecule has 0 saturated carbocycles. The number of nitrogens with two attached hydrogens (primary N) is 1. The average molecular weight is 196 g/mol.